The predicted octanol–water partition coefficient (Wildman–Crippen LogP) is 2.75. The van der Waals surface area contributed by atoms with Gasteiger partial charge in [-0.1, -0.05) is 37.3 Å². The lowest BCUT2D eigenvalue weighted by Gasteiger charge is -2.25. The number of rotatable bonds is 3. The van der Waals surface area contributed by atoms with Gasteiger partial charge in [0.25, 0.3) is 0 Å². The first kappa shape index (κ1) is 11.6. The molecule has 0 radical (unpaired) electrons. The molecule has 1 aromatic carbocycles. The van der Waals surface area contributed by atoms with Gasteiger partial charge in [-0.3, -0.25) is 0 Å². The Morgan fingerprint density at radius 1 is 1.38 bits per heavy atom. The summed E-state index contributed by atoms with van der Waals surface area (Å²) in [5.41, 5.74) is 0.641. The zero-order valence-corrected chi connectivity index (χ0v) is 10.0. The Bertz CT molecular complexity index is 332. The highest BCUT2D eigenvalue weighted by Gasteiger charge is 2.41. The third kappa shape index (κ3) is 2.45. The van der Waals surface area contributed by atoms with Crippen molar-refractivity contribution in [2.45, 2.75) is 45.0 Å². The van der Waals surface area contributed by atoms with Crippen molar-refractivity contribution in [2.24, 2.45) is 5.92 Å². The third-order valence-electron chi connectivity index (χ3n) is 3.78. The molecule has 0 bridgehead atoms. The van der Waals surface area contributed by atoms with Gasteiger partial charge in [0, 0.05) is 5.92 Å². The monoisotopic (exact) mass is 220 g/mol. The van der Waals surface area contributed by atoms with Crippen LogP contribution in [-0.4, -0.2) is 16.8 Å². The Balaban J connectivity index is 1.88. The van der Waals surface area contributed by atoms with E-state index in [1.165, 1.54) is 5.56 Å². The first-order valence-corrected chi connectivity index (χ1v) is 5.97. The molecule has 1 saturated carbocycles. The molecule has 2 rings (SSSR count). The van der Waals surface area contributed by atoms with Crippen molar-refractivity contribution in [1.82, 2.24) is 0 Å². The van der Waals surface area contributed by atoms with E-state index in [1.807, 2.05) is 25.1 Å². The van der Waals surface area contributed by atoms with E-state index < -0.39 is 5.60 Å². The minimum atomic E-state index is -0.554. The quantitative estimate of drug-likeness (QED) is 0.848. The van der Waals surface area contributed by atoms with Crippen LogP contribution in [0.2, 0.25) is 0 Å². The van der Waals surface area contributed by atoms with Crippen LogP contribution in [0.4, 0.5) is 0 Å². The molecule has 0 unspecified atom stereocenters. The van der Waals surface area contributed by atoms with Gasteiger partial charge >= 0.3 is 0 Å². The minimum absolute atomic E-state index is 0.190. The van der Waals surface area contributed by atoms with Crippen LogP contribution in [0.1, 0.15) is 32.3 Å². The molecule has 1 fully saturated rings. The first-order valence-electron chi connectivity index (χ1n) is 5.97. The molecular weight excluding hydrogens is 200 g/mol. The number of benzene rings is 1. The van der Waals surface area contributed by atoms with Crippen molar-refractivity contribution >= 4 is 0 Å². The van der Waals surface area contributed by atoms with Crippen molar-refractivity contribution in [1.29, 1.82) is 0 Å². The van der Waals surface area contributed by atoms with Gasteiger partial charge in [0.05, 0.1) is 18.3 Å². The second kappa shape index (κ2) is 4.56. The van der Waals surface area contributed by atoms with Crippen LogP contribution in [-0.2, 0) is 11.3 Å². The Morgan fingerprint density at radius 3 is 2.62 bits per heavy atom. The molecule has 0 heterocycles. The zero-order valence-electron chi connectivity index (χ0n) is 10.0. The lowest BCUT2D eigenvalue weighted by molar-refractivity contribution is -0.0371. The van der Waals surface area contributed by atoms with Gasteiger partial charge in [-0.15, -0.1) is 0 Å². The van der Waals surface area contributed by atoms with Gasteiger partial charge in [0.1, 0.15) is 0 Å². The Kier molecular flexibility index (Phi) is 3.31. The third-order valence-corrected chi connectivity index (χ3v) is 3.78. The van der Waals surface area contributed by atoms with Gasteiger partial charge < -0.3 is 9.84 Å². The summed E-state index contributed by atoms with van der Waals surface area (Å²) in [6.45, 7) is 4.62. The summed E-state index contributed by atoms with van der Waals surface area (Å²) in [5, 5.41) is 10.1. The number of ether oxygens (including phenoxy) is 1. The average molecular weight is 220 g/mol. The topological polar surface area (TPSA) is 29.5 Å². The summed E-state index contributed by atoms with van der Waals surface area (Å²) in [6, 6.07) is 10.2. The number of hydrogen-bond acceptors (Lipinski definition) is 2. The lowest BCUT2D eigenvalue weighted by atomic mass is 9.94. The molecule has 1 aliphatic carbocycles. The predicted molar refractivity (Wildman–Crippen MR) is 64.0 cm³/mol. The Morgan fingerprint density at radius 2 is 2.06 bits per heavy atom. The molecule has 0 aromatic heterocycles. The maximum atomic E-state index is 10.1. The van der Waals surface area contributed by atoms with Crippen LogP contribution in [0.15, 0.2) is 30.3 Å². The van der Waals surface area contributed by atoms with E-state index in [0.717, 1.165) is 12.8 Å². The van der Waals surface area contributed by atoms with E-state index in [-0.39, 0.29) is 12.0 Å². The summed E-state index contributed by atoms with van der Waals surface area (Å²) in [4.78, 5) is 0. The smallest absolute Gasteiger partial charge is 0.0720 e. The largest absolute Gasteiger partial charge is 0.390 e. The summed E-state index contributed by atoms with van der Waals surface area (Å²) >= 11 is 0. The van der Waals surface area contributed by atoms with E-state index in [4.69, 9.17) is 4.74 Å². The Labute approximate surface area is 97.3 Å². The zero-order chi connectivity index (χ0) is 11.6. The number of hydrogen-bond donors (Lipinski definition) is 1. The molecule has 88 valence electrons. The van der Waals surface area contributed by atoms with Gasteiger partial charge in [0.2, 0.25) is 0 Å². The molecular formula is C14H20O2. The van der Waals surface area contributed by atoms with Crippen molar-refractivity contribution in [3.05, 3.63) is 35.9 Å². The second-order valence-electron chi connectivity index (χ2n) is 5.02. The van der Waals surface area contributed by atoms with Crippen LogP contribution in [0.5, 0.6) is 0 Å². The fourth-order valence-corrected chi connectivity index (χ4v) is 2.32. The summed E-state index contributed by atoms with van der Waals surface area (Å²) in [7, 11) is 0. The van der Waals surface area contributed by atoms with Gasteiger partial charge in [-0.2, -0.15) is 0 Å². The SMILES string of the molecule is C[C@@H]1[C@H](OCc2ccccc2)CC[C@]1(C)O. The molecule has 0 spiro atoms. The standard InChI is InChI=1S/C14H20O2/c1-11-13(8-9-14(11,2)15)16-10-12-6-4-3-5-7-12/h3-7,11,13,15H,8-10H2,1-2H3/t11-,13-,14+/m1/s1. The number of aliphatic hydroxyl groups is 1. The van der Waals surface area contributed by atoms with E-state index in [9.17, 15) is 5.11 Å². The molecule has 0 amide bonds. The molecule has 0 saturated heterocycles. The fourth-order valence-electron chi connectivity index (χ4n) is 2.32. The van der Waals surface area contributed by atoms with Crippen LogP contribution in [0.3, 0.4) is 0 Å². The van der Waals surface area contributed by atoms with Crippen molar-refractivity contribution in [2.75, 3.05) is 0 Å². The first-order chi connectivity index (χ1) is 7.59. The molecule has 0 aliphatic heterocycles. The van der Waals surface area contributed by atoms with Crippen LogP contribution in [0, 0.1) is 5.92 Å². The van der Waals surface area contributed by atoms with E-state index in [1.54, 1.807) is 0 Å². The molecule has 16 heavy (non-hydrogen) atoms. The van der Waals surface area contributed by atoms with Gasteiger partial charge in [-0.05, 0) is 25.3 Å². The van der Waals surface area contributed by atoms with Gasteiger partial charge in [0.15, 0.2) is 0 Å². The minimum Gasteiger partial charge on any atom is -0.390 e. The highest BCUT2D eigenvalue weighted by atomic mass is 16.5. The highest BCUT2D eigenvalue weighted by molar-refractivity contribution is 5.13. The van der Waals surface area contributed by atoms with Crippen molar-refractivity contribution < 1.29 is 9.84 Å². The molecule has 2 nitrogen and oxygen atoms in total. The molecule has 2 heteroatoms. The Hall–Kier alpha value is -0.860. The highest BCUT2D eigenvalue weighted by Crippen LogP contribution is 2.37. The molecule has 3 atom stereocenters. The van der Waals surface area contributed by atoms with Crippen LogP contribution >= 0.6 is 0 Å². The second-order valence-corrected chi connectivity index (χ2v) is 5.02. The van der Waals surface area contributed by atoms with E-state index in [2.05, 4.69) is 19.1 Å². The summed E-state index contributed by atoms with van der Waals surface area (Å²) in [5.74, 6) is 0.219. The maximum Gasteiger partial charge on any atom is 0.0720 e. The average Bonchev–Trinajstić information content (AvgIpc) is 2.54. The fraction of sp³-hybridized carbons (Fsp3) is 0.571. The van der Waals surface area contributed by atoms with E-state index in [0.29, 0.717) is 6.61 Å². The summed E-state index contributed by atoms with van der Waals surface area (Å²) in [6.07, 6.45) is 1.99. The summed E-state index contributed by atoms with van der Waals surface area (Å²) < 4.78 is 5.88. The van der Waals surface area contributed by atoms with Gasteiger partial charge in [-0.25, -0.2) is 0 Å². The molecule has 1 aliphatic rings. The normalized spacial score (nSPS) is 34.2. The maximum absolute atomic E-state index is 10.1. The lowest BCUT2D eigenvalue weighted by Crippen LogP contribution is -2.32. The van der Waals surface area contributed by atoms with Crippen molar-refractivity contribution in [3.8, 4) is 0 Å². The van der Waals surface area contributed by atoms with Crippen LogP contribution in [0.25, 0.3) is 0 Å². The van der Waals surface area contributed by atoms with Crippen LogP contribution < -0.4 is 0 Å². The molecule has 1 N–H and O–H groups in total. The molecule has 1 aromatic rings. The van der Waals surface area contributed by atoms with E-state index >= 15 is 0 Å². The van der Waals surface area contributed by atoms with Crippen molar-refractivity contribution in [3.63, 3.8) is 0 Å².